The molecule has 0 spiro atoms. The van der Waals surface area contributed by atoms with Crippen LogP contribution in [0.2, 0.25) is 0 Å². The Morgan fingerprint density at radius 1 is 1.06 bits per heavy atom. The number of aryl methyl sites for hydroxylation is 1. The first kappa shape index (κ1) is 23.7. The first-order valence-electron chi connectivity index (χ1n) is 10.6. The first-order valence-corrected chi connectivity index (χ1v) is 12.1. The van der Waals surface area contributed by atoms with E-state index in [9.17, 15) is 22.8 Å². The van der Waals surface area contributed by atoms with Crippen LogP contribution in [0, 0.1) is 5.92 Å². The van der Waals surface area contributed by atoms with Crippen molar-refractivity contribution in [2.45, 2.75) is 38.6 Å². The van der Waals surface area contributed by atoms with E-state index in [1.807, 2.05) is 6.92 Å². The van der Waals surface area contributed by atoms with E-state index in [4.69, 9.17) is 0 Å². The van der Waals surface area contributed by atoms with Gasteiger partial charge in [0.15, 0.2) is 0 Å². The summed E-state index contributed by atoms with van der Waals surface area (Å²) in [6.45, 7) is 6.81. The maximum atomic E-state index is 12.7. The van der Waals surface area contributed by atoms with Crippen LogP contribution in [0.15, 0.2) is 52.3 Å². The third kappa shape index (κ3) is 4.76. The lowest BCUT2D eigenvalue weighted by Crippen LogP contribution is -2.31. The molecule has 1 atom stereocenters. The van der Waals surface area contributed by atoms with Crippen LogP contribution in [0.4, 0.5) is 11.4 Å². The minimum Gasteiger partial charge on any atom is -0.324 e. The first-order chi connectivity index (χ1) is 15.2. The maximum Gasteiger partial charge on any atom is 0.250 e. The smallest absolute Gasteiger partial charge is 0.250 e. The van der Waals surface area contributed by atoms with Crippen molar-refractivity contribution in [2.75, 3.05) is 29.9 Å². The number of anilines is 2. The molecular formula is C22H28N4O5S. The monoisotopic (exact) mass is 460 g/mol. The molecule has 2 amide bonds. The van der Waals surface area contributed by atoms with Gasteiger partial charge in [-0.05, 0) is 37.3 Å². The Hall–Kier alpha value is -2.98. The van der Waals surface area contributed by atoms with Crippen LogP contribution in [-0.4, -0.2) is 48.7 Å². The normalized spacial score (nSPS) is 16.6. The number of pyridine rings is 1. The Morgan fingerprint density at radius 2 is 1.72 bits per heavy atom. The van der Waals surface area contributed by atoms with E-state index in [1.165, 1.54) is 38.0 Å². The van der Waals surface area contributed by atoms with Crippen molar-refractivity contribution < 1.29 is 18.0 Å². The van der Waals surface area contributed by atoms with Crippen molar-refractivity contribution in [1.29, 1.82) is 0 Å². The van der Waals surface area contributed by atoms with Gasteiger partial charge in [0.1, 0.15) is 0 Å². The molecule has 10 heteroatoms. The molecule has 1 saturated heterocycles. The minimum atomic E-state index is -3.58. The van der Waals surface area contributed by atoms with Crippen molar-refractivity contribution in [2.24, 2.45) is 5.92 Å². The Bertz CT molecular complexity index is 1150. The van der Waals surface area contributed by atoms with Crippen molar-refractivity contribution in [1.82, 2.24) is 8.87 Å². The summed E-state index contributed by atoms with van der Waals surface area (Å²) in [6.07, 6.45) is 1.63. The maximum absolute atomic E-state index is 12.7. The highest BCUT2D eigenvalue weighted by molar-refractivity contribution is 7.89. The average molecular weight is 461 g/mol. The number of nitrogens with zero attached hydrogens (tertiary/aromatic N) is 3. The van der Waals surface area contributed by atoms with Crippen LogP contribution in [0.3, 0.4) is 0 Å². The summed E-state index contributed by atoms with van der Waals surface area (Å²) in [7, 11) is -3.58. The number of carbonyl (C=O) groups is 2. The highest BCUT2D eigenvalue weighted by atomic mass is 32.2. The quantitative estimate of drug-likeness (QED) is 0.647. The fourth-order valence-corrected chi connectivity index (χ4v) is 5.20. The van der Waals surface area contributed by atoms with Crippen molar-refractivity contribution in [3.8, 4) is 0 Å². The zero-order chi connectivity index (χ0) is 23.5. The van der Waals surface area contributed by atoms with E-state index < -0.39 is 15.9 Å². The summed E-state index contributed by atoms with van der Waals surface area (Å²) in [5.41, 5.74) is 0.885. The molecule has 1 aliphatic heterocycles. The third-order valence-corrected chi connectivity index (χ3v) is 7.64. The fourth-order valence-electron chi connectivity index (χ4n) is 3.74. The molecule has 1 aromatic heterocycles. The topological polar surface area (TPSA) is 109 Å². The van der Waals surface area contributed by atoms with Crippen LogP contribution in [0.25, 0.3) is 0 Å². The van der Waals surface area contributed by atoms with Crippen LogP contribution in [-0.2, 0) is 26.2 Å². The summed E-state index contributed by atoms with van der Waals surface area (Å²) >= 11 is 0. The lowest BCUT2D eigenvalue weighted by molar-refractivity contribution is -0.122. The molecule has 2 aromatic rings. The highest BCUT2D eigenvalue weighted by Gasteiger charge is 2.35. The number of nitrogens with one attached hydrogen (secondary N) is 1. The van der Waals surface area contributed by atoms with E-state index >= 15 is 0 Å². The predicted octanol–water partition coefficient (Wildman–Crippen LogP) is 1.89. The largest absolute Gasteiger partial charge is 0.324 e. The number of rotatable bonds is 8. The second-order valence-corrected chi connectivity index (χ2v) is 9.46. The minimum absolute atomic E-state index is 0.0543. The van der Waals surface area contributed by atoms with Crippen LogP contribution in [0.5, 0.6) is 0 Å². The van der Waals surface area contributed by atoms with Gasteiger partial charge in [0.25, 0.3) is 5.56 Å². The summed E-state index contributed by atoms with van der Waals surface area (Å²) in [5.74, 6) is -1.06. The molecule has 1 fully saturated rings. The van der Waals surface area contributed by atoms with Crippen molar-refractivity contribution >= 4 is 33.2 Å². The molecule has 32 heavy (non-hydrogen) atoms. The zero-order valence-corrected chi connectivity index (χ0v) is 19.3. The molecular weight excluding hydrogens is 432 g/mol. The van der Waals surface area contributed by atoms with E-state index in [2.05, 4.69) is 5.32 Å². The molecule has 0 saturated carbocycles. The third-order valence-electron chi connectivity index (χ3n) is 5.58. The van der Waals surface area contributed by atoms with Gasteiger partial charge in [0.2, 0.25) is 21.8 Å². The van der Waals surface area contributed by atoms with Gasteiger partial charge in [-0.2, -0.15) is 4.31 Å². The number of hydrogen-bond acceptors (Lipinski definition) is 5. The molecule has 172 valence electrons. The molecule has 1 unspecified atom stereocenters. The van der Waals surface area contributed by atoms with Crippen molar-refractivity contribution in [3.63, 3.8) is 0 Å². The number of sulfonamides is 1. The Labute approximate surface area is 187 Å². The zero-order valence-electron chi connectivity index (χ0n) is 18.4. The lowest BCUT2D eigenvalue weighted by Gasteiger charge is -2.20. The van der Waals surface area contributed by atoms with Gasteiger partial charge in [-0.1, -0.05) is 13.8 Å². The van der Waals surface area contributed by atoms with Gasteiger partial charge >= 0.3 is 0 Å². The van der Waals surface area contributed by atoms with Gasteiger partial charge in [-0.3, -0.25) is 14.4 Å². The Kier molecular flexibility index (Phi) is 7.15. The number of aromatic nitrogens is 1. The fraction of sp³-hybridized carbons (Fsp3) is 0.409. The number of carbonyl (C=O) groups excluding carboxylic acids is 2. The molecule has 9 nitrogen and oxygen atoms in total. The van der Waals surface area contributed by atoms with E-state index in [0.717, 1.165) is 0 Å². The van der Waals surface area contributed by atoms with Crippen LogP contribution < -0.4 is 15.8 Å². The molecule has 0 bridgehead atoms. The molecule has 1 N–H and O–H groups in total. The predicted molar refractivity (Wildman–Crippen MR) is 122 cm³/mol. The van der Waals surface area contributed by atoms with E-state index in [0.29, 0.717) is 31.0 Å². The van der Waals surface area contributed by atoms with Gasteiger partial charge in [-0.15, -0.1) is 0 Å². The Morgan fingerprint density at radius 3 is 2.31 bits per heavy atom. The van der Waals surface area contributed by atoms with Gasteiger partial charge in [0.05, 0.1) is 16.5 Å². The van der Waals surface area contributed by atoms with Crippen molar-refractivity contribution in [3.05, 3.63) is 52.9 Å². The van der Waals surface area contributed by atoms with Gasteiger partial charge < -0.3 is 14.8 Å². The SMILES string of the molecule is CCN(CC)S(=O)(=O)c1ccc(N2CC(C(=O)Nc3ccc(=O)n(CC)c3)CC2=O)cc1. The molecule has 1 aromatic carbocycles. The second kappa shape index (κ2) is 9.66. The Balaban J connectivity index is 1.71. The number of benzene rings is 1. The van der Waals surface area contributed by atoms with Gasteiger partial charge in [0, 0.05) is 50.6 Å². The molecule has 2 heterocycles. The highest BCUT2D eigenvalue weighted by Crippen LogP contribution is 2.27. The lowest BCUT2D eigenvalue weighted by atomic mass is 10.1. The van der Waals surface area contributed by atoms with E-state index in [1.54, 1.807) is 32.2 Å². The summed E-state index contributed by atoms with van der Waals surface area (Å²) in [5, 5.41) is 2.77. The van der Waals surface area contributed by atoms with Gasteiger partial charge in [-0.25, -0.2) is 8.42 Å². The number of amides is 2. The van der Waals surface area contributed by atoms with Crippen LogP contribution in [0.1, 0.15) is 27.2 Å². The molecule has 3 rings (SSSR count). The van der Waals surface area contributed by atoms with Crippen LogP contribution >= 0.6 is 0 Å². The summed E-state index contributed by atoms with van der Waals surface area (Å²) in [4.78, 5) is 38.6. The molecule has 0 radical (unpaired) electrons. The summed E-state index contributed by atoms with van der Waals surface area (Å²) in [6, 6.07) is 9.07. The number of hydrogen-bond donors (Lipinski definition) is 1. The van der Waals surface area contributed by atoms with E-state index in [-0.39, 0.29) is 35.2 Å². The average Bonchev–Trinajstić information content (AvgIpc) is 3.17. The molecule has 0 aliphatic carbocycles. The second-order valence-electron chi connectivity index (χ2n) is 7.52. The molecule has 1 aliphatic rings. The summed E-state index contributed by atoms with van der Waals surface area (Å²) < 4.78 is 28.1. The standard InChI is InChI=1S/C22H28N4O5S/c1-4-24-15-17(7-12-20(24)27)23-22(29)16-13-21(28)26(14-16)18-8-10-19(11-9-18)32(30,31)25(5-2)6-3/h7-12,15-16H,4-6,13-14H2,1-3H3,(H,23,29).